The zero-order chi connectivity index (χ0) is 14.2. The summed E-state index contributed by atoms with van der Waals surface area (Å²) in [5.41, 5.74) is 0.979. The molecule has 1 N–H and O–H groups in total. The molecule has 110 valence electrons. The predicted octanol–water partition coefficient (Wildman–Crippen LogP) is 3.49. The summed E-state index contributed by atoms with van der Waals surface area (Å²) in [7, 11) is 0. The molecule has 0 saturated heterocycles. The Kier molecular flexibility index (Phi) is 3.49. The van der Waals surface area contributed by atoms with Gasteiger partial charge in [-0.1, -0.05) is 11.6 Å². The van der Waals surface area contributed by atoms with Crippen molar-refractivity contribution in [2.24, 2.45) is 0 Å². The highest BCUT2D eigenvalue weighted by Gasteiger charge is 2.21. The third-order valence-corrected chi connectivity index (χ3v) is 4.87. The number of nitrogens with one attached hydrogen (secondary N) is 1. The summed E-state index contributed by atoms with van der Waals surface area (Å²) in [4.78, 5) is 5.74. The summed E-state index contributed by atoms with van der Waals surface area (Å²) >= 11 is 7.96. The number of benzene rings is 1. The van der Waals surface area contributed by atoms with Crippen molar-refractivity contribution in [1.29, 1.82) is 0 Å². The third-order valence-electron chi connectivity index (χ3n) is 3.54. The number of hydrogen-bond acceptors (Lipinski definition) is 5. The van der Waals surface area contributed by atoms with Gasteiger partial charge in [-0.2, -0.15) is 0 Å². The Balaban J connectivity index is 1.58. The first-order valence-corrected chi connectivity index (χ1v) is 8.26. The third kappa shape index (κ3) is 2.86. The molecule has 2 heterocycles. The van der Waals surface area contributed by atoms with Crippen LogP contribution in [0.4, 0.5) is 0 Å². The van der Waals surface area contributed by atoms with E-state index in [4.69, 9.17) is 21.1 Å². The van der Waals surface area contributed by atoms with Crippen LogP contribution in [0.2, 0.25) is 5.02 Å². The van der Waals surface area contributed by atoms with Crippen molar-refractivity contribution in [2.45, 2.75) is 25.4 Å². The summed E-state index contributed by atoms with van der Waals surface area (Å²) < 4.78 is 11.2. The standard InChI is InChI=1S/C15H15ClN2O2S/c16-12-5-9(6-13-14(12)20-4-3-19-13)15-18-8-11(21-15)7-17-10-1-2-10/h5-6,8,10,17H,1-4,7H2. The van der Waals surface area contributed by atoms with Crippen LogP contribution < -0.4 is 14.8 Å². The zero-order valence-corrected chi connectivity index (χ0v) is 13.0. The summed E-state index contributed by atoms with van der Waals surface area (Å²) in [6.07, 6.45) is 4.52. The fourth-order valence-electron chi connectivity index (χ4n) is 2.29. The number of fused-ring (bicyclic) bond motifs is 1. The molecule has 1 fully saturated rings. The van der Waals surface area contributed by atoms with Crippen molar-refractivity contribution < 1.29 is 9.47 Å². The van der Waals surface area contributed by atoms with Crippen molar-refractivity contribution in [1.82, 2.24) is 10.3 Å². The molecule has 0 atom stereocenters. The van der Waals surface area contributed by atoms with Crippen molar-refractivity contribution >= 4 is 22.9 Å². The van der Waals surface area contributed by atoms with Gasteiger partial charge >= 0.3 is 0 Å². The number of thiazole rings is 1. The van der Waals surface area contributed by atoms with Crippen LogP contribution in [-0.4, -0.2) is 24.2 Å². The summed E-state index contributed by atoms with van der Waals surface area (Å²) in [5, 5.41) is 5.04. The van der Waals surface area contributed by atoms with E-state index in [0.29, 0.717) is 35.8 Å². The van der Waals surface area contributed by atoms with Gasteiger partial charge in [0.05, 0.1) is 5.02 Å². The second-order valence-electron chi connectivity index (χ2n) is 5.27. The Morgan fingerprint density at radius 1 is 1.29 bits per heavy atom. The molecule has 0 spiro atoms. The maximum absolute atomic E-state index is 6.27. The Morgan fingerprint density at radius 2 is 2.14 bits per heavy atom. The van der Waals surface area contributed by atoms with E-state index in [-0.39, 0.29) is 0 Å². The molecular formula is C15H15ClN2O2S. The summed E-state index contributed by atoms with van der Waals surface area (Å²) in [6, 6.07) is 4.56. The maximum Gasteiger partial charge on any atom is 0.179 e. The van der Waals surface area contributed by atoms with E-state index in [2.05, 4.69) is 10.3 Å². The highest BCUT2D eigenvalue weighted by atomic mass is 35.5. The van der Waals surface area contributed by atoms with Gasteiger partial charge < -0.3 is 14.8 Å². The van der Waals surface area contributed by atoms with Gasteiger partial charge in [0.25, 0.3) is 0 Å². The van der Waals surface area contributed by atoms with Gasteiger partial charge in [0, 0.05) is 29.2 Å². The van der Waals surface area contributed by atoms with E-state index in [0.717, 1.165) is 17.1 Å². The maximum atomic E-state index is 6.27. The van der Waals surface area contributed by atoms with E-state index in [1.165, 1.54) is 17.7 Å². The van der Waals surface area contributed by atoms with Gasteiger partial charge in [-0.3, -0.25) is 0 Å². The lowest BCUT2D eigenvalue weighted by atomic mass is 10.2. The molecule has 4 rings (SSSR count). The molecule has 1 aromatic heterocycles. The van der Waals surface area contributed by atoms with E-state index in [1.807, 2.05) is 18.3 Å². The quantitative estimate of drug-likeness (QED) is 0.935. The van der Waals surface area contributed by atoms with Crippen molar-refractivity contribution in [3.05, 3.63) is 28.2 Å². The molecule has 1 aliphatic carbocycles. The molecule has 0 radical (unpaired) electrons. The molecule has 0 amide bonds. The van der Waals surface area contributed by atoms with Crippen molar-refractivity contribution in [2.75, 3.05) is 13.2 Å². The Bertz CT molecular complexity index is 670. The smallest absolute Gasteiger partial charge is 0.179 e. The lowest BCUT2D eigenvalue weighted by Crippen LogP contribution is -2.15. The molecule has 2 aliphatic rings. The lowest BCUT2D eigenvalue weighted by molar-refractivity contribution is 0.172. The summed E-state index contributed by atoms with van der Waals surface area (Å²) in [5.74, 6) is 1.34. The molecule has 21 heavy (non-hydrogen) atoms. The van der Waals surface area contributed by atoms with Crippen LogP contribution in [0.1, 0.15) is 17.7 Å². The normalized spacial score (nSPS) is 17.0. The van der Waals surface area contributed by atoms with E-state index in [9.17, 15) is 0 Å². The van der Waals surface area contributed by atoms with Gasteiger partial charge in [-0.05, 0) is 25.0 Å². The number of rotatable bonds is 4. The van der Waals surface area contributed by atoms with Gasteiger partial charge in [0.15, 0.2) is 11.5 Å². The lowest BCUT2D eigenvalue weighted by Gasteiger charge is -2.19. The van der Waals surface area contributed by atoms with Crippen LogP contribution in [0.15, 0.2) is 18.3 Å². The molecular weight excluding hydrogens is 308 g/mol. The fourth-order valence-corrected chi connectivity index (χ4v) is 3.41. The van der Waals surface area contributed by atoms with Crippen LogP contribution >= 0.6 is 22.9 Å². The number of hydrogen-bond donors (Lipinski definition) is 1. The minimum Gasteiger partial charge on any atom is -0.486 e. The minimum atomic E-state index is 0.542. The second kappa shape index (κ2) is 5.48. The SMILES string of the molecule is Clc1cc(-c2ncc(CNC3CC3)s2)cc2c1OCCO2. The average molecular weight is 323 g/mol. The largest absolute Gasteiger partial charge is 0.486 e. The highest BCUT2D eigenvalue weighted by molar-refractivity contribution is 7.15. The minimum absolute atomic E-state index is 0.542. The van der Waals surface area contributed by atoms with Crippen LogP contribution in [0, 0.1) is 0 Å². The van der Waals surface area contributed by atoms with Gasteiger partial charge in [0.1, 0.15) is 18.2 Å². The topological polar surface area (TPSA) is 43.4 Å². The number of ether oxygens (including phenoxy) is 2. The molecule has 4 nitrogen and oxygen atoms in total. The van der Waals surface area contributed by atoms with Crippen LogP contribution in [0.25, 0.3) is 10.6 Å². The molecule has 0 unspecified atom stereocenters. The van der Waals surface area contributed by atoms with Crippen molar-refractivity contribution in [3.8, 4) is 22.1 Å². The monoisotopic (exact) mass is 322 g/mol. The fraction of sp³-hybridized carbons (Fsp3) is 0.400. The van der Waals surface area contributed by atoms with E-state index >= 15 is 0 Å². The highest BCUT2D eigenvalue weighted by Crippen LogP contribution is 2.41. The van der Waals surface area contributed by atoms with Crippen LogP contribution in [-0.2, 0) is 6.54 Å². The first-order chi connectivity index (χ1) is 10.3. The first kappa shape index (κ1) is 13.4. The number of halogens is 1. The average Bonchev–Trinajstić information content (AvgIpc) is 3.21. The second-order valence-corrected chi connectivity index (χ2v) is 6.79. The number of aromatic nitrogens is 1. The molecule has 1 aliphatic heterocycles. The zero-order valence-electron chi connectivity index (χ0n) is 11.4. The van der Waals surface area contributed by atoms with E-state index < -0.39 is 0 Å². The molecule has 2 aromatic rings. The molecule has 0 bridgehead atoms. The molecule has 1 aromatic carbocycles. The van der Waals surface area contributed by atoms with Gasteiger partial charge in [-0.25, -0.2) is 4.98 Å². The Morgan fingerprint density at radius 3 is 3.00 bits per heavy atom. The van der Waals surface area contributed by atoms with Crippen molar-refractivity contribution in [3.63, 3.8) is 0 Å². The predicted molar refractivity (Wildman–Crippen MR) is 83.4 cm³/mol. The molecule has 1 saturated carbocycles. The summed E-state index contributed by atoms with van der Waals surface area (Å²) in [6.45, 7) is 1.99. The molecule has 6 heteroatoms. The number of nitrogens with zero attached hydrogens (tertiary/aromatic N) is 1. The van der Waals surface area contributed by atoms with Crippen LogP contribution in [0.3, 0.4) is 0 Å². The van der Waals surface area contributed by atoms with Gasteiger partial charge in [0.2, 0.25) is 0 Å². The van der Waals surface area contributed by atoms with E-state index in [1.54, 1.807) is 11.3 Å². The first-order valence-electron chi connectivity index (χ1n) is 7.07. The van der Waals surface area contributed by atoms with Gasteiger partial charge in [-0.15, -0.1) is 11.3 Å². The Hall–Kier alpha value is -1.30. The Labute approximate surface area is 132 Å². The van der Waals surface area contributed by atoms with Crippen LogP contribution in [0.5, 0.6) is 11.5 Å².